The number of nitrogens with zero attached hydrogens (tertiary/aromatic N) is 3. The Morgan fingerprint density at radius 3 is 2.53 bits per heavy atom. The topological polar surface area (TPSA) is 41.3 Å². The highest BCUT2D eigenvalue weighted by Gasteiger charge is 2.34. The highest BCUT2D eigenvalue weighted by Crippen LogP contribution is 2.27. The van der Waals surface area contributed by atoms with Gasteiger partial charge < -0.3 is 10.0 Å². The fourth-order valence-corrected chi connectivity index (χ4v) is 2.99. The minimum atomic E-state index is -0.551. The van der Waals surface area contributed by atoms with Crippen LogP contribution >= 0.6 is 0 Å². The van der Waals surface area contributed by atoms with Crippen LogP contribution in [0, 0.1) is 6.92 Å². The predicted octanol–water partition coefficient (Wildman–Crippen LogP) is 1.99. The molecule has 2 rings (SSSR count). The summed E-state index contributed by atoms with van der Waals surface area (Å²) in [7, 11) is 0. The van der Waals surface area contributed by atoms with Crippen LogP contribution in [-0.4, -0.2) is 44.5 Å². The van der Waals surface area contributed by atoms with Crippen LogP contribution in [0.15, 0.2) is 6.07 Å². The summed E-state index contributed by atoms with van der Waals surface area (Å²) in [6, 6.07) is 2.68. The van der Waals surface area contributed by atoms with Gasteiger partial charge in [0.1, 0.15) is 0 Å². The summed E-state index contributed by atoms with van der Waals surface area (Å²) in [5.41, 5.74) is 1.66. The maximum Gasteiger partial charge on any atom is 0.0727 e. The van der Waals surface area contributed by atoms with Gasteiger partial charge in [0.15, 0.2) is 0 Å². The molecule has 4 heteroatoms. The summed E-state index contributed by atoms with van der Waals surface area (Å²) in [6.07, 6.45) is 2.45. The molecule has 1 fully saturated rings. The lowest BCUT2D eigenvalue weighted by atomic mass is 9.86. The van der Waals surface area contributed by atoms with E-state index in [0.717, 1.165) is 44.6 Å². The number of rotatable bonds is 4. The Hall–Kier alpha value is -0.870. The minimum absolute atomic E-state index is 0.551. The lowest BCUT2D eigenvalue weighted by Crippen LogP contribution is -2.48. The van der Waals surface area contributed by atoms with Crippen molar-refractivity contribution in [3.8, 4) is 0 Å². The van der Waals surface area contributed by atoms with E-state index in [2.05, 4.69) is 36.8 Å². The summed E-state index contributed by atoms with van der Waals surface area (Å²) in [5.74, 6) is 0. The first kappa shape index (κ1) is 14.5. The quantitative estimate of drug-likeness (QED) is 0.905. The third-order valence-corrected chi connectivity index (χ3v) is 4.25. The number of hydrogen-bond donors (Lipinski definition) is 1. The van der Waals surface area contributed by atoms with E-state index in [9.17, 15) is 5.11 Å². The van der Waals surface area contributed by atoms with Gasteiger partial charge in [-0.15, -0.1) is 0 Å². The van der Waals surface area contributed by atoms with Crippen LogP contribution in [-0.2, 0) is 13.0 Å². The van der Waals surface area contributed by atoms with E-state index in [1.165, 1.54) is 5.69 Å². The lowest BCUT2D eigenvalue weighted by Gasteiger charge is -2.40. The molecule has 4 nitrogen and oxygen atoms in total. The molecule has 0 saturated carbocycles. The smallest absolute Gasteiger partial charge is 0.0727 e. The van der Waals surface area contributed by atoms with Crippen LogP contribution in [0.5, 0.6) is 0 Å². The third-order valence-electron chi connectivity index (χ3n) is 4.25. The predicted molar refractivity (Wildman–Crippen MR) is 77.2 cm³/mol. The number of likely N-dealkylation sites (tertiary alicyclic amines) is 1. The average Bonchev–Trinajstić information content (AvgIpc) is 2.69. The summed E-state index contributed by atoms with van der Waals surface area (Å²) < 4.78 is 2.02. The van der Waals surface area contributed by atoms with E-state index in [-0.39, 0.29) is 0 Å². The second-order valence-corrected chi connectivity index (χ2v) is 6.12. The molecule has 1 aromatic heterocycles. The molecular weight excluding hydrogens is 238 g/mol. The molecule has 0 unspecified atom stereocenters. The standard InChI is InChI=1S/C15H27N3O/c1-5-18-14(10-13(4)16-18)11-15(19)6-8-17(9-7-15)12(2)3/h10,12,19H,5-9,11H2,1-4H3. The molecule has 0 amide bonds. The average molecular weight is 265 g/mol. The lowest BCUT2D eigenvalue weighted by molar-refractivity contribution is -0.0284. The van der Waals surface area contributed by atoms with Gasteiger partial charge in [-0.25, -0.2) is 0 Å². The van der Waals surface area contributed by atoms with E-state index < -0.39 is 5.60 Å². The molecule has 0 atom stereocenters. The highest BCUT2D eigenvalue weighted by molar-refractivity contribution is 5.12. The van der Waals surface area contributed by atoms with Gasteiger partial charge >= 0.3 is 0 Å². The molecule has 0 aromatic carbocycles. The molecule has 2 heterocycles. The zero-order valence-corrected chi connectivity index (χ0v) is 12.7. The second-order valence-electron chi connectivity index (χ2n) is 6.12. The van der Waals surface area contributed by atoms with Crippen LogP contribution in [0.2, 0.25) is 0 Å². The SMILES string of the molecule is CCn1nc(C)cc1CC1(O)CCN(C(C)C)CC1. The van der Waals surface area contributed by atoms with Crippen molar-refractivity contribution in [3.05, 3.63) is 17.5 Å². The number of aryl methyl sites for hydroxylation is 2. The number of piperidine rings is 1. The molecule has 0 radical (unpaired) electrons. The summed E-state index contributed by atoms with van der Waals surface area (Å²) in [6.45, 7) is 11.4. The fraction of sp³-hybridized carbons (Fsp3) is 0.800. The maximum absolute atomic E-state index is 10.8. The Bertz CT molecular complexity index is 417. The molecule has 1 saturated heterocycles. The van der Waals surface area contributed by atoms with Crippen LogP contribution < -0.4 is 0 Å². The van der Waals surface area contributed by atoms with Crippen molar-refractivity contribution in [1.29, 1.82) is 0 Å². The number of aliphatic hydroxyl groups is 1. The van der Waals surface area contributed by atoms with Crippen LogP contribution in [0.4, 0.5) is 0 Å². The van der Waals surface area contributed by atoms with Gasteiger partial charge in [-0.1, -0.05) is 0 Å². The van der Waals surface area contributed by atoms with Crippen molar-refractivity contribution in [2.45, 2.75) is 65.1 Å². The van der Waals surface area contributed by atoms with Crippen molar-refractivity contribution < 1.29 is 5.11 Å². The Morgan fingerprint density at radius 1 is 1.37 bits per heavy atom. The van der Waals surface area contributed by atoms with Gasteiger partial charge in [-0.3, -0.25) is 4.68 Å². The minimum Gasteiger partial charge on any atom is -0.389 e. The molecule has 1 N–H and O–H groups in total. The van der Waals surface area contributed by atoms with Gasteiger partial charge in [-0.2, -0.15) is 5.10 Å². The normalized spacial score (nSPS) is 20.1. The zero-order valence-electron chi connectivity index (χ0n) is 12.7. The molecule has 1 aliphatic heterocycles. The molecule has 0 spiro atoms. The molecule has 19 heavy (non-hydrogen) atoms. The van der Waals surface area contributed by atoms with Gasteiger partial charge in [0.2, 0.25) is 0 Å². The third kappa shape index (κ3) is 3.37. The molecule has 0 bridgehead atoms. The Labute approximate surface area is 116 Å². The van der Waals surface area contributed by atoms with E-state index in [0.29, 0.717) is 6.04 Å². The van der Waals surface area contributed by atoms with E-state index in [4.69, 9.17) is 0 Å². The first-order valence-electron chi connectivity index (χ1n) is 7.43. The van der Waals surface area contributed by atoms with Gasteiger partial charge in [-0.05, 0) is 46.6 Å². The molecular formula is C15H27N3O. The summed E-state index contributed by atoms with van der Waals surface area (Å²) in [4.78, 5) is 2.44. The molecule has 0 aliphatic carbocycles. The fourth-order valence-electron chi connectivity index (χ4n) is 2.99. The second kappa shape index (κ2) is 5.63. The first-order chi connectivity index (χ1) is 8.93. The number of hydrogen-bond acceptors (Lipinski definition) is 3. The van der Waals surface area contributed by atoms with Crippen molar-refractivity contribution in [2.75, 3.05) is 13.1 Å². The monoisotopic (exact) mass is 265 g/mol. The van der Waals surface area contributed by atoms with Crippen LogP contribution in [0.1, 0.15) is 45.0 Å². The van der Waals surface area contributed by atoms with Gasteiger partial charge in [0, 0.05) is 37.8 Å². The first-order valence-corrected chi connectivity index (χ1v) is 7.43. The van der Waals surface area contributed by atoms with Crippen LogP contribution in [0.3, 0.4) is 0 Å². The zero-order chi connectivity index (χ0) is 14.0. The largest absolute Gasteiger partial charge is 0.389 e. The highest BCUT2D eigenvalue weighted by atomic mass is 16.3. The maximum atomic E-state index is 10.8. The van der Waals surface area contributed by atoms with Crippen molar-refractivity contribution in [1.82, 2.24) is 14.7 Å². The van der Waals surface area contributed by atoms with Crippen LogP contribution in [0.25, 0.3) is 0 Å². The summed E-state index contributed by atoms with van der Waals surface area (Å²) >= 11 is 0. The van der Waals surface area contributed by atoms with E-state index in [1.807, 2.05) is 11.6 Å². The summed E-state index contributed by atoms with van der Waals surface area (Å²) in [5, 5.41) is 15.2. The Kier molecular flexibility index (Phi) is 4.31. The Balaban J connectivity index is 2.02. The molecule has 108 valence electrons. The number of aromatic nitrogens is 2. The van der Waals surface area contributed by atoms with Crippen molar-refractivity contribution in [2.24, 2.45) is 0 Å². The van der Waals surface area contributed by atoms with Gasteiger partial charge in [0.25, 0.3) is 0 Å². The molecule has 1 aliphatic rings. The Morgan fingerprint density at radius 2 is 2.00 bits per heavy atom. The van der Waals surface area contributed by atoms with Crippen molar-refractivity contribution >= 4 is 0 Å². The van der Waals surface area contributed by atoms with Crippen molar-refractivity contribution in [3.63, 3.8) is 0 Å². The van der Waals surface area contributed by atoms with E-state index in [1.54, 1.807) is 0 Å². The molecule has 1 aromatic rings. The van der Waals surface area contributed by atoms with E-state index >= 15 is 0 Å². The van der Waals surface area contributed by atoms with Gasteiger partial charge in [0.05, 0.1) is 11.3 Å².